The Morgan fingerprint density at radius 2 is 1.00 bits per heavy atom. The van der Waals surface area contributed by atoms with Crippen molar-refractivity contribution in [1.82, 2.24) is 0 Å². The fourth-order valence-electron chi connectivity index (χ4n) is 2.65. The molecule has 0 heterocycles. The molecule has 166 valence electrons. The molecule has 2 unspecified atom stereocenters. The number of ether oxygens (including phenoxy) is 3. The van der Waals surface area contributed by atoms with Crippen LogP contribution in [0.15, 0.2) is 0 Å². The van der Waals surface area contributed by atoms with Gasteiger partial charge in [-0.1, -0.05) is 66.2 Å². The Bertz CT molecular complexity index is 227. The highest BCUT2D eigenvalue weighted by molar-refractivity contribution is 4.59. The lowest BCUT2D eigenvalue weighted by Crippen LogP contribution is -2.14. The second kappa shape index (κ2) is 25.8. The van der Waals surface area contributed by atoms with Crippen molar-refractivity contribution >= 4 is 0 Å². The molecule has 2 N–H and O–H groups in total. The van der Waals surface area contributed by atoms with Gasteiger partial charge in [0.1, 0.15) is 0 Å². The van der Waals surface area contributed by atoms with E-state index in [0.717, 1.165) is 25.0 Å². The maximum absolute atomic E-state index is 8.26. The van der Waals surface area contributed by atoms with Gasteiger partial charge in [0.05, 0.1) is 39.6 Å². The van der Waals surface area contributed by atoms with Crippen molar-refractivity contribution in [2.75, 3.05) is 52.9 Å². The van der Waals surface area contributed by atoms with Crippen molar-refractivity contribution in [3.63, 3.8) is 0 Å². The summed E-state index contributed by atoms with van der Waals surface area (Å²) in [6, 6.07) is 0. The molecular weight excluding hydrogens is 344 g/mol. The summed E-state index contributed by atoms with van der Waals surface area (Å²) in [6.45, 7) is 12.8. The van der Waals surface area contributed by atoms with Crippen LogP contribution in [0.4, 0.5) is 0 Å². The van der Waals surface area contributed by atoms with Crippen LogP contribution in [0.5, 0.6) is 0 Å². The van der Waals surface area contributed by atoms with Crippen LogP contribution in [0.25, 0.3) is 0 Å². The second-order valence-electron chi connectivity index (χ2n) is 7.04. The highest BCUT2D eigenvalue weighted by Gasteiger charge is 2.09. The smallest absolute Gasteiger partial charge is 0.0701 e. The molecule has 0 rings (SSSR count). The molecule has 0 amide bonds. The van der Waals surface area contributed by atoms with E-state index >= 15 is 0 Å². The second-order valence-corrected chi connectivity index (χ2v) is 7.04. The molecule has 0 aromatic rings. The number of rotatable bonds is 19. The third kappa shape index (κ3) is 23.8. The summed E-state index contributed by atoms with van der Waals surface area (Å²) >= 11 is 0. The Morgan fingerprint density at radius 1 is 0.593 bits per heavy atom. The molecule has 0 saturated carbocycles. The van der Waals surface area contributed by atoms with Gasteiger partial charge in [0.15, 0.2) is 0 Å². The van der Waals surface area contributed by atoms with E-state index < -0.39 is 0 Å². The molecule has 0 aliphatic rings. The van der Waals surface area contributed by atoms with Gasteiger partial charge in [-0.25, -0.2) is 0 Å². The van der Waals surface area contributed by atoms with E-state index in [-0.39, 0.29) is 13.2 Å². The molecule has 0 spiro atoms. The van der Waals surface area contributed by atoms with E-state index in [2.05, 4.69) is 27.7 Å². The summed E-state index contributed by atoms with van der Waals surface area (Å²) in [7, 11) is 0. The fourth-order valence-corrected chi connectivity index (χ4v) is 2.65. The van der Waals surface area contributed by atoms with E-state index in [9.17, 15) is 0 Å². The van der Waals surface area contributed by atoms with E-state index in [1.54, 1.807) is 0 Å². The first kappa shape index (κ1) is 29.0. The van der Waals surface area contributed by atoms with Crippen LogP contribution in [0, 0.1) is 11.8 Å². The molecule has 2 atom stereocenters. The van der Waals surface area contributed by atoms with Crippen molar-refractivity contribution in [3.8, 4) is 0 Å². The summed E-state index contributed by atoms with van der Waals surface area (Å²) in [5, 5.41) is 16.5. The lowest BCUT2D eigenvalue weighted by Gasteiger charge is -2.18. The predicted octanol–water partition coefficient (Wildman–Crippen LogP) is 4.44. The average molecular weight is 393 g/mol. The molecule has 0 saturated heterocycles. The third-order valence-corrected chi connectivity index (χ3v) is 4.64. The Hall–Kier alpha value is -0.200. The SMILES string of the molecule is CCCCC(CC)COCC(CC)CCCC.OCCOCCOCCO. The fraction of sp³-hybridized carbons (Fsp3) is 1.00. The van der Waals surface area contributed by atoms with Gasteiger partial charge < -0.3 is 24.4 Å². The van der Waals surface area contributed by atoms with Crippen LogP contribution in [0.3, 0.4) is 0 Å². The monoisotopic (exact) mass is 392 g/mol. The lowest BCUT2D eigenvalue weighted by atomic mass is 9.99. The highest BCUT2D eigenvalue weighted by Crippen LogP contribution is 2.16. The zero-order valence-electron chi connectivity index (χ0n) is 18.6. The normalized spacial score (nSPS) is 13.1. The Labute approximate surface area is 168 Å². The van der Waals surface area contributed by atoms with Crippen molar-refractivity contribution in [3.05, 3.63) is 0 Å². The van der Waals surface area contributed by atoms with Gasteiger partial charge in [-0.2, -0.15) is 0 Å². The van der Waals surface area contributed by atoms with Gasteiger partial charge in [-0.05, 0) is 24.7 Å². The highest BCUT2D eigenvalue weighted by atomic mass is 16.5. The maximum atomic E-state index is 8.26. The summed E-state index contributed by atoms with van der Waals surface area (Å²) < 4.78 is 15.7. The van der Waals surface area contributed by atoms with Crippen LogP contribution in [0.2, 0.25) is 0 Å². The van der Waals surface area contributed by atoms with E-state index in [1.165, 1.54) is 51.4 Å². The first-order valence-corrected chi connectivity index (χ1v) is 11.1. The molecule has 5 nitrogen and oxygen atoms in total. The third-order valence-electron chi connectivity index (χ3n) is 4.64. The van der Waals surface area contributed by atoms with Gasteiger partial charge in [-0.3, -0.25) is 0 Å². The van der Waals surface area contributed by atoms with Crippen molar-refractivity contribution in [2.24, 2.45) is 11.8 Å². The van der Waals surface area contributed by atoms with Gasteiger partial charge in [0.2, 0.25) is 0 Å². The largest absolute Gasteiger partial charge is 0.394 e. The molecule has 0 bridgehead atoms. The molecule has 0 radical (unpaired) electrons. The summed E-state index contributed by atoms with van der Waals surface area (Å²) in [5.74, 6) is 1.58. The number of aliphatic hydroxyl groups is 2. The maximum Gasteiger partial charge on any atom is 0.0701 e. The van der Waals surface area contributed by atoms with Crippen molar-refractivity contribution < 1.29 is 24.4 Å². The van der Waals surface area contributed by atoms with Crippen molar-refractivity contribution in [1.29, 1.82) is 0 Å². The molecule has 5 heteroatoms. The van der Waals surface area contributed by atoms with Gasteiger partial charge in [0.25, 0.3) is 0 Å². The lowest BCUT2D eigenvalue weighted by molar-refractivity contribution is 0.0222. The van der Waals surface area contributed by atoms with Crippen LogP contribution in [-0.4, -0.2) is 63.1 Å². The van der Waals surface area contributed by atoms with Crippen LogP contribution in [0.1, 0.15) is 79.1 Å². The van der Waals surface area contributed by atoms with Gasteiger partial charge >= 0.3 is 0 Å². The Morgan fingerprint density at radius 3 is 1.30 bits per heavy atom. The van der Waals surface area contributed by atoms with Crippen molar-refractivity contribution in [2.45, 2.75) is 79.1 Å². The zero-order valence-corrected chi connectivity index (χ0v) is 18.6. The minimum Gasteiger partial charge on any atom is -0.394 e. The summed E-state index contributed by atoms with van der Waals surface area (Å²) in [6.07, 6.45) is 10.6. The molecule has 0 aliphatic carbocycles. The number of hydrogen-bond donors (Lipinski definition) is 2. The standard InChI is InChI=1S/C16H34O.C6H14O4/c1-5-9-11-15(7-3)13-17-14-16(8-4)12-10-6-2;7-1-3-9-5-6-10-4-2-8/h15-16H,5-14H2,1-4H3;7-8H,1-6H2. The van der Waals surface area contributed by atoms with Gasteiger partial charge in [0, 0.05) is 13.2 Å². The van der Waals surface area contributed by atoms with Gasteiger partial charge in [-0.15, -0.1) is 0 Å². The molecule has 27 heavy (non-hydrogen) atoms. The number of hydrogen-bond acceptors (Lipinski definition) is 5. The van der Waals surface area contributed by atoms with E-state index in [0.29, 0.717) is 26.4 Å². The molecule has 0 fully saturated rings. The molecule has 0 aliphatic heterocycles. The van der Waals surface area contributed by atoms with Crippen LogP contribution < -0.4 is 0 Å². The molecular formula is C22H48O5. The topological polar surface area (TPSA) is 68.2 Å². The molecule has 0 aromatic carbocycles. The quantitative estimate of drug-likeness (QED) is 0.318. The predicted molar refractivity (Wildman–Crippen MR) is 113 cm³/mol. The average Bonchev–Trinajstić information content (AvgIpc) is 2.70. The first-order chi connectivity index (χ1) is 13.2. The number of unbranched alkanes of at least 4 members (excludes halogenated alkanes) is 2. The van der Waals surface area contributed by atoms with Crippen LogP contribution >= 0.6 is 0 Å². The minimum absolute atomic E-state index is 0.0417. The zero-order chi connectivity index (χ0) is 20.6. The Balaban J connectivity index is 0. The minimum atomic E-state index is 0.0417. The summed E-state index contributed by atoms with van der Waals surface area (Å²) in [5.41, 5.74) is 0. The Kier molecular flexibility index (Phi) is 27.7. The molecule has 0 aromatic heterocycles. The summed E-state index contributed by atoms with van der Waals surface area (Å²) in [4.78, 5) is 0. The van der Waals surface area contributed by atoms with E-state index in [1.807, 2.05) is 0 Å². The first-order valence-electron chi connectivity index (χ1n) is 11.1. The van der Waals surface area contributed by atoms with E-state index in [4.69, 9.17) is 24.4 Å². The van der Waals surface area contributed by atoms with Crippen LogP contribution in [-0.2, 0) is 14.2 Å². The number of aliphatic hydroxyl groups excluding tert-OH is 2.